The molecule has 0 saturated heterocycles. The molecular weight excluding hydrogens is 246 g/mol. The van der Waals surface area contributed by atoms with Crippen molar-refractivity contribution < 1.29 is 9.05 Å². The first-order valence-corrected chi connectivity index (χ1v) is 8.24. The van der Waals surface area contributed by atoms with Crippen LogP contribution in [0.1, 0.15) is 27.7 Å². The molecule has 0 aliphatic carbocycles. The largest absolute Gasteiger partial charge is 0.322 e. The van der Waals surface area contributed by atoms with Gasteiger partial charge in [0.05, 0.1) is 13.2 Å². The Balaban J connectivity index is 0. The quantitative estimate of drug-likeness (QED) is 0.452. The number of rotatable bonds is 6. The molecule has 0 spiro atoms. The minimum atomic E-state index is -2.27. The molecule has 0 atom stereocenters. The molecule has 0 amide bonds. The molecule has 0 aliphatic heterocycles. The van der Waals surface area contributed by atoms with Gasteiger partial charge in [-0.15, -0.1) is 0 Å². The number of thiol groups is 1. The monoisotopic (exact) mass is 265 g/mol. The predicted octanol–water partition coefficient (Wildman–Crippen LogP) is 3.11. The summed E-state index contributed by atoms with van der Waals surface area (Å²) < 4.78 is 10.8. The van der Waals surface area contributed by atoms with Gasteiger partial charge in [-0.3, -0.25) is 0 Å². The summed E-state index contributed by atoms with van der Waals surface area (Å²) in [6, 6.07) is 0. The molecule has 0 saturated carbocycles. The first kappa shape index (κ1) is 18.3. The van der Waals surface area contributed by atoms with E-state index in [9.17, 15) is 0 Å². The van der Waals surface area contributed by atoms with E-state index in [0.717, 1.165) is 0 Å². The Hall–Kier alpha value is 1.92. The van der Waals surface area contributed by atoms with Crippen molar-refractivity contribution in [3.05, 3.63) is 0 Å². The van der Waals surface area contributed by atoms with Gasteiger partial charge in [0.2, 0.25) is 5.69 Å². The topological polar surface area (TPSA) is 18.5 Å². The molecule has 0 bridgehead atoms. The molecule has 81 valence electrons. The van der Waals surface area contributed by atoms with Gasteiger partial charge in [0.25, 0.3) is 0 Å². The van der Waals surface area contributed by atoms with Crippen molar-refractivity contribution in [3.63, 3.8) is 0 Å². The van der Waals surface area contributed by atoms with Crippen molar-refractivity contribution in [2.45, 2.75) is 27.7 Å². The fourth-order valence-electron chi connectivity index (χ4n) is 0.524. The Morgan fingerprint density at radius 3 is 1.57 bits per heavy atom. The van der Waals surface area contributed by atoms with E-state index in [-0.39, 0.29) is 29.6 Å². The molecule has 0 aliphatic rings. The molecule has 6 heteroatoms. The van der Waals surface area contributed by atoms with Crippen molar-refractivity contribution in [1.29, 1.82) is 0 Å². The Labute approximate surface area is 120 Å². The molecule has 0 aromatic heterocycles. The van der Waals surface area contributed by atoms with Crippen molar-refractivity contribution in [2.24, 2.45) is 11.8 Å². The Bertz CT molecular complexity index is 172. The average molecular weight is 265 g/mol. The van der Waals surface area contributed by atoms with E-state index >= 15 is 0 Å². The van der Waals surface area contributed by atoms with Crippen LogP contribution in [0.25, 0.3) is 0 Å². The average Bonchev–Trinajstić information content (AvgIpc) is 1.98. The maximum absolute atomic E-state index is 5.41. The minimum absolute atomic E-state index is 0. The van der Waals surface area contributed by atoms with Crippen molar-refractivity contribution in [2.75, 3.05) is 13.2 Å². The SMILES string of the molecule is CC(C)COP(=S)(S)OCC(C)C.[Na]. The molecule has 2 nitrogen and oxygen atoms in total. The van der Waals surface area contributed by atoms with Crippen LogP contribution in [0.2, 0.25) is 0 Å². The van der Waals surface area contributed by atoms with E-state index in [0.29, 0.717) is 25.0 Å². The second-order valence-electron chi connectivity index (χ2n) is 3.85. The Morgan fingerprint density at radius 2 is 1.36 bits per heavy atom. The van der Waals surface area contributed by atoms with E-state index in [2.05, 4.69) is 39.9 Å². The maximum atomic E-state index is 5.41. The summed E-state index contributed by atoms with van der Waals surface area (Å²) in [5.74, 6) is 0.939. The van der Waals surface area contributed by atoms with Crippen LogP contribution in [0.5, 0.6) is 0 Å². The fourth-order valence-corrected chi connectivity index (χ4v) is 2.34. The van der Waals surface area contributed by atoms with Gasteiger partial charge in [0.15, 0.2) is 0 Å². The third-order valence-electron chi connectivity index (χ3n) is 1.14. The smallest absolute Gasteiger partial charge is 0.244 e. The summed E-state index contributed by atoms with van der Waals surface area (Å²) in [4.78, 5) is 0. The van der Waals surface area contributed by atoms with Crippen LogP contribution >= 0.6 is 17.9 Å². The standard InChI is InChI=1S/C8H19O2PS2.Na/c1-7(2)5-9-11(12,13)10-6-8(3)4;/h7-8H,5-6H2,1-4H3,(H,12,13);. The van der Waals surface area contributed by atoms with Gasteiger partial charge in [-0.05, 0) is 23.6 Å². The molecule has 14 heavy (non-hydrogen) atoms. The maximum Gasteiger partial charge on any atom is 0.244 e. The molecule has 0 N–H and O–H groups in total. The summed E-state index contributed by atoms with van der Waals surface area (Å²) in [5.41, 5.74) is -2.27. The van der Waals surface area contributed by atoms with Crippen molar-refractivity contribution in [1.82, 2.24) is 0 Å². The van der Waals surface area contributed by atoms with Crippen LogP contribution in [-0.2, 0) is 20.9 Å². The van der Waals surface area contributed by atoms with E-state index in [1.807, 2.05) is 0 Å². The molecule has 1 radical (unpaired) electrons. The molecule has 0 unspecified atom stereocenters. The normalized spacial score (nSPS) is 11.9. The summed E-state index contributed by atoms with van der Waals surface area (Å²) in [6.45, 7) is 9.55. The molecular formula is C8H19NaO2PS2. The van der Waals surface area contributed by atoms with Gasteiger partial charge in [0, 0.05) is 29.6 Å². The van der Waals surface area contributed by atoms with E-state index in [1.54, 1.807) is 0 Å². The fraction of sp³-hybridized carbons (Fsp3) is 1.00. The van der Waals surface area contributed by atoms with E-state index < -0.39 is 5.69 Å². The summed E-state index contributed by atoms with van der Waals surface area (Å²) in [6.07, 6.45) is 0. The van der Waals surface area contributed by atoms with Gasteiger partial charge < -0.3 is 9.05 Å². The predicted molar refractivity (Wildman–Crippen MR) is 70.6 cm³/mol. The van der Waals surface area contributed by atoms with E-state index in [4.69, 9.17) is 20.9 Å². The van der Waals surface area contributed by atoms with Crippen molar-refractivity contribution >= 4 is 59.3 Å². The molecule has 0 fully saturated rings. The summed E-state index contributed by atoms with van der Waals surface area (Å²) >= 11 is 9.33. The Morgan fingerprint density at radius 1 is 1.07 bits per heavy atom. The molecule has 0 aromatic rings. The second kappa shape index (κ2) is 9.00. The zero-order valence-corrected chi connectivity index (χ0v) is 14.3. The number of hydrogen-bond donors (Lipinski definition) is 1. The van der Waals surface area contributed by atoms with Crippen LogP contribution in [0.15, 0.2) is 0 Å². The summed E-state index contributed by atoms with van der Waals surface area (Å²) in [5, 5.41) is 0. The third kappa shape index (κ3) is 12.0. The first-order chi connectivity index (χ1) is 5.83. The number of hydrogen-bond acceptors (Lipinski definition) is 3. The van der Waals surface area contributed by atoms with E-state index in [1.165, 1.54) is 0 Å². The van der Waals surface area contributed by atoms with Gasteiger partial charge in [-0.25, -0.2) is 0 Å². The van der Waals surface area contributed by atoms with Crippen LogP contribution < -0.4 is 0 Å². The van der Waals surface area contributed by atoms with Gasteiger partial charge in [-0.2, -0.15) is 0 Å². The van der Waals surface area contributed by atoms with Crippen molar-refractivity contribution in [3.8, 4) is 0 Å². The van der Waals surface area contributed by atoms with Crippen LogP contribution in [0, 0.1) is 11.8 Å². The van der Waals surface area contributed by atoms with Gasteiger partial charge >= 0.3 is 0 Å². The second-order valence-corrected chi connectivity index (χ2v) is 9.14. The summed E-state index contributed by atoms with van der Waals surface area (Å²) in [7, 11) is 0. The van der Waals surface area contributed by atoms with Crippen LogP contribution in [-0.4, -0.2) is 42.8 Å². The molecule has 0 heterocycles. The Kier molecular flexibility index (Phi) is 11.8. The zero-order valence-electron chi connectivity index (χ0n) is 9.69. The molecule has 0 rings (SSSR count). The minimum Gasteiger partial charge on any atom is -0.322 e. The third-order valence-corrected chi connectivity index (χ3v) is 3.42. The van der Waals surface area contributed by atoms with Crippen LogP contribution in [0.3, 0.4) is 0 Å². The zero-order chi connectivity index (χ0) is 10.5. The first-order valence-electron chi connectivity index (χ1n) is 4.45. The van der Waals surface area contributed by atoms with Crippen LogP contribution in [0.4, 0.5) is 0 Å². The molecule has 0 aromatic carbocycles. The van der Waals surface area contributed by atoms with Gasteiger partial charge in [-0.1, -0.05) is 39.9 Å². The van der Waals surface area contributed by atoms with Gasteiger partial charge in [0.1, 0.15) is 0 Å².